The minimum absolute atomic E-state index is 0. The Hall–Kier alpha value is -2.01. The molecular weight excluding hydrogens is 386 g/mol. The number of hydrogen-bond donors (Lipinski definition) is 1. The van der Waals surface area contributed by atoms with E-state index in [9.17, 15) is 5.11 Å². The normalized spacial score (nSPS) is 21.0. The van der Waals surface area contributed by atoms with Crippen molar-refractivity contribution < 1.29 is 14.6 Å². The molecule has 0 spiro atoms. The van der Waals surface area contributed by atoms with Crippen LogP contribution in [0.15, 0.2) is 30.3 Å². The van der Waals surface area contributed by atoms with Gasteiger partial charge >= 0.3 is 0 Å². The van der Waals surface area contributed by atoms with Crippen molar-refractivity contribution in [1.29, 1.82) is 0 Å². The summed E-state index contributed by atoms with van der Waals surface area (Å²) >= 11 is 0. The first-order chi connectivity index (χ1) is 13.7. The molecule has 0 aromatic heterocycles. The summed E-state index contributed by atoms with van der Waals surface area (Å²) in [6, 6.07) is 11.1. The van der Waals surface area contributed by atoms with Crippen LogP contribution in [0.4, 0.5) is 0 Å². The minimum Gasteiger partial charge on any atom is -0.493 e. The fourth-order valence-corrected chi connectivity index (χ4v) is 5.24. The quantitative estimate of drug-likeness (QED) is 0.613. The van der Waals surface area contributed by atoms with Gasteiger partial charge < -0.3 is 14.6 Å². The molecule has 0 amide bonds. The smallest absolute Gasteiger partial charge is 0.161 e. The van der Waals surface area contributed by atoms with Crippen molar-refractivity contribution in [2.75, 3.05) is 20.8 Å². The molecule has 1 N–H and O–H groups in total. The van der Waals surface area contributed by atoms with E-state index in [0.29, 0.717) is 0 Å². The van der Waals surface area contributed by atoms with Crippen LogP contribution >= 0.6 is 12.4 Å². The van der Waals surface area contributed by atoms with Crippen molar-refractivity contribution in [3.63, 3.8) is 0 Å². The number of methoxy groups -OCH3 is 2. The van der Waals surface area contributed by atoms with Crippen LogP contribution in [0.5, 0.6) is 11.5 Å². The van der Waals surface area contributed by atoms with E-state index in [1.54, 1.807) is 14.2 Å². The zero-order valence-corrected chi connectivity index (χ0v) is 18.0. The molecule has 0 saturated carbocycles. The summed E-state index contributed by atoms with van der Waals surface area (Å²) in [6.07, 6.45) is 2.77. The summed E-state index contributed by atoms with van der Waals surface area (Å²) in [5.41, 5.74) is 3.65. The van der Waals surface area contributed by atoms with Gasteiger partial charge in [-0.05, 0) is 76.2 Å². The highest BCUT2D eigenvalue weighted by molar-refractivity contribution is 6.12. The molecule has 0 radical (unpaired) electrons. The highest BCUT2D eigenvalue weighted by Crippen LogP contribution is 2.47. The van der Waals surface area contributed by atoms with Crippen LogP contribution in [-0.4, -0.2) is 36.8 Å². The molecule has 0 bridgehead atoms. The third-order valence-electron chi connectivity index (χ3n) is 6.68. The van der Waals surface area contributed by atoms with Gasteiger partial charge in [-0.15, -0.1) is 12.4 Å². The van der Waals surface area contributed by atoms with Crippen LogP contribution in [0, 0.1) is 0 Å². The maximum absolute atomic E-state index is 11.3. The second kappa shape index (κ2) is 7.67. The monoisotopic (exact) mass is 413 g/mol. The topological polar surface area (TPSA) is 41.9 Å². The van der Waals surface area contributed by atoms with E-state index in [-0.39, 0.29) is 18.4 Å². The molecule has 1 saturated heterocycles. The molecule has 1 fully saturated rings. The first-order valence-corrected chi connectivity index (χ1v) is 10.2. The van der Waals surface area contributed by atoms with Gasteiger partial charge in [-0.1, -0.05) is 25.1 Å². The number of fused-ring (bicyclic) bond motifs is 7. The maximum Gasteiger partial charge on any atom is 0.161 e. The predicted molar refractivity (Wildman–Crippen MR) is 120 cm³/mol. The van der Waals surface area contributed by atoms with Crippen molar-refractivity contribution in [2.24, 2.45) is 0 Å². The Morgan fingerprint density at radius 3 is 2.38 bits per heavy atom. The van der Waals surface area contributed by atoms with Crippen molar-refractivity contribution in [1.82, 2.24) is 4.90 Å². The number of nitrogens with zero attached hydrogens (tertiary/aromatic N) is 1. The lowest BCUT2D eigenvalue weighted by Gasteiger charge is -2.37. The number of benzene rings is 3. The number of aliphatic hydroxyl groups excluding tert-OH is 1. The first-order valence-electron chi connectivity index (χ1n) is 10.2. The molecule has 3 aromatic rings. The number of halogens is 1. The van der Waals surface area contributed by atoms with Crippen LogP contribution in [0.3, 0.4) is 0 Å². The Kier molecular flexibility index (Phi) is 5.36. The Morgan fingerprint density at radius 2 is 1.69 bits per heavy atom. The molecule has 3 aromatic carbocycles. The van der Waals surface area contributed by atoms with Gasteiger partial charge in [0, 0.05) is 12.6 Å². The lowest BCUT2D eigenvalue weighted by Crippen LogP contribution is -2.39. The average molecular weight is 414 g/mol. The summed E-state index contributed by atoms with van der Waals surface area (Å²) in [5, 5.41) is 16.0. The van der Waals surface area contributed by atoms with Crippen molar-refractivity contribution in [2.45, 2.75) is 44.9 Å². The highest BCUT2D eigenvalue weighted by Gasteiger charge is 2.38. The van der Waals surface area contributed by atoms with E-state index in [1.165, 1.54) is 27.3 Å². The average Bonchev–Trinajstić information content (AvgIpc) is 3.21. The molecule has 0 unspecified atom stereocenters. The van der Waals surface area contributed by atoms with Gasteiger partial charge in [-0.2, -0.15) is 0 Å². The molecule has 4 nitrogen and oxygen atoms in total. The molecule has 2 atom stereocenters. The summed E-state index contributed by atoms with van der Waals surface area (Å²) in [6.45, 7) is 4.12. The van der Waals surface area contributed by atoms with Crippen LogP contribution < -0.4 is 9.47 Å². The number of aliphatic hydroxyl groups is 1. The van der Waals surface area contributed by atoms with Gasteiger partial charge in [0.1, 0.15) is 0 Å². The van der Waals surface area contributed by atoms with Gasteiger partial charge in [-0.25, -0.2) is 0 Å². The fourth-order valence-electron chi connectivity index (χ4n) is 5.24. The predicted octanol–water partition coefficient (Wildman–Crippen LogP) is 5.01. The molecular formula is C24H28ClNO3. The molecule has 2 aliphatic rings. The van der Waals surface area contributed by atoms with Gasteiger partial charge in [0.25, 0.3) is 0 Å². The Labute approximate surface area is 177 Å². The van der Waals surface area contributed by atoms with Crippen LogP contribution in [-0.2, 0) is 13.0 Å². The summed E-state index contributed by atoms with van der Waals surface area (Å²) in [7, 11) is 3.36. The zero-order valence-electron chi connectivity index (χ0n) is 17.2. The number of rotatable bonds is 3. The maximum atomic E-state index is 11.3. The summed E-state index contributed by atoms with van der Waals surface area (Å²) < 4.78 is 11.2. The molecule has 154 valence electrons. The summed E-state index contributed by atoms with van der Waals surface area (Å²) in [5.74, 6) is 1.48. The second-order valence-corrected chi connectivity index (χ2v) is 8.00. The number of ether oxygens (including phenoxy) is 2. The largest absolute Gasteiger partial charge is 0.493 e. The zero-order chi connectivity index (χ0) is 19.4. The Balaban J connectivity index is 0.00000205. The number of hydrogen-bond acceptors (Lipinski definition) is 4. The van der Waals surface area contributed by atoms with E-state index < -0.39 is 6.10 Å². The van der Waals surface area contributed by atoms with E-state index in [4.69, 9.17) is 9.47 Å². The summed E-state index contributed by atoms with van der Waals surface area (Å²) in [4.78, 5) is 2.44. The Bertz CT molecular complexity index is 1080. The number of aryl methyl sites for hydroxylation is 1. The molecule has 5 heteroatoms. The van der Waals surface area contributed by atoms with Gasteiger partial charge in [0.15, 0.2) is 11.5 Å². The van der Waals surface area contributed by atoms with Crippen molar-refractivity contribution >= 4 is 34.0 Å². The molecule has 5 rings (SSSR count). The third-order valence-corrected chi connectivity index (χ3v) is 6.68. The van der Waals surface area contributed by atoms with E-state index in [1.807, 2.05) is 0 Å². The SMILES string of the molecule is CCc1ccc2c3c(c4cc(OC)c(OC)cc4c2c1)CN1CCC[C@H]1[C@H]3O.Cl. The second-order valence-electron chi connectivity index (χ2n) is 8.00. The Morgan fingerprint density at radius 1 is 1.00 bits per heavy atom. The molecule has 2 heterocycles. The van der Waals surface area contributed by atoms with Gasteiger partial charge in [0.2, 0.25) is 0 Å². The van der Waals surface area contributed by atoms with E-state index >= 15 is 0 Å². The fraction of sp³-hybridized carbons (Fsp3) is 0.417. The van der Waals surface area contributed by atoms with Crippen molar-refractivity contribution in [3.8, 4) is 11.5 Å². The van der Waals surface area contributed by atoms with Gasteiger partial charge in [-0.3, -0.25) is 4.90 Å². The van der Waals surface area contributed by atoms with Crippen LogP contribution in [0.25, 0.3) is 21.5 Å². The molecule has 2 aliphatic heterocycles. The van der Waals surface area contributed by atoms with E-state index in [2.05, 4.69) is 42.2 Å². The molecule has 0 aliphatic carbocycles. The third kappa shape index (κ3) is 2.97. The van der Waals surface area contributed by atoms with Crippen molar-refractivity contribution in [3.05, 3.63) is 47.0 Å². The first kappa shape index (κ1) is 20.3. The highest BCUT2D eigenvalue weighted by atomic mass is 35.5. The van der Waals surface area contributed by atoms with Crippen LogP contribution in [0.2, 0.25) is 0 Å². The minimum atomic E-state index is -0.446. The van der Waals surface area contributed by atoms with Crippen LogP contribution in [0.1, 0.15) is 42.6 Å². The lowest BCUT2D eigenvalue weighted by molar-refractivity contribution is 0.0552. The standard InChI is InChI=1S/C24H27NO3.ClH/c1-4-14-7-8-15-16(10-14)17-11-21(27-2)22(28-3)12-18(17)19-13-25-9-5-6-20(25)24(26)23(15)19;/h7-8,10-12,20,24,26H,4-6,9,13H2,1-3H3;1H/t20-,24+;/m0./s1. The molecule has 29 heavy (non-hydrogen) atoms. The lowest BCUT2D eigenvalue weighted by atomic mass is 9.83. The van der Waals surface area contributed by atoms with Gasteiger partial charge in [0.05, 0.1) is 20.3 Å². The van der Waals surface area contributed by atoms with E-state index in [0.717, 1.165) is 54.8 Å².